The molecule has 0 atom stereocenters. The van der Waals surface area contributed by atoms with Crippen LogP contribution in [-0.2, 0) is 12.8 Å². The number of hydrogen-bond donors (Lipinski definition) is 2. The number of fused-ring (bicyclic) bond motifs is 2. The zero-order chi connectivity index (χ0) is 14.4. The second-order valence-electron chi connectivity index (χ2n) is 5.55. The van der Waals surface area contributed by atoms with Gasteiger partial charge < -0.3 is 5.43 Å². The van der Waals surface area contributed by atoms with Crippen molar-refractivity contribution in [2.75, 3.05) is 5.43 Å². The lowest BCUT2D eigenvalue weighted by atomic mass is 10.1. The van der Waals surface area contributed by atoms with Crippen molar-refractivity contribution in [3.63, 3.8) is 0 Å². The predicted molar refractivity (Wildman–Crippen MR) is 83.0 cm³/mol. The summed E-state index contributed by atoms with van der Waals surface area (Å²) in [6, 6.07) is 10.3. The minimum atomic E-state index is 0.847. The highest BCUT2D eigenvalue weighted by Gasteiger charge is 2.20. The molecular formula is C16H17N5. The monoisotopic (exact) mass is 279 g/mol. The number of nitrogen functional groups attached to an aromatic ring is 1. The fraction of sp³-hybridized carbons (Fsp3) is 0.250. The molecule has 21 heavy (non-hydrogen) atoms. The van der Waals surface area contributed by atoms with Gasteiger partial charge in [-0.2, -0.15) is 9.61 Å². The number of nitrogens with two attached hydrogens (primary N) is 1. The van der Waals surface area contributed by atoms with Crippen molar-refractivity contribution in [1.82, 2.24) is 14.6 Å². The fourth-order valence-electron chi connectivity index (χ4n) is 3.08. The van der Waals surface area contributed by atoms with E-state index in [4.69, 9.17) is 10.8 Å². The van der Waals surface area contributed by atoms with E-state index < -0.39 is 0 Å². The molecule has 0 spiro atoms. The van der Waals surface area contributed by atoms with E-state index in [1.807, 2.05) is 16.6 Å². The van der Waals surface area contributed by atoms with Crippen LogP contribution in [0.1, 0.15) is 23.2 Å². The van der Waals surface area contributed by atoms with Crippen LogP contribution < -0.4 is 11.3 Å². The van der Waals surface area contributed by atoms with Crippen LogP contribution in [-0.4, -0.2) is 14.6 Å². The highest BCUT2D eigenvalue weighted by molar-refractivity contribution is 5.67. The van der Waals surface area contributed by atoms with Crippen LogP contribution in [0.4, 0.5) is 5.82 Å². The second kappa shape index (κ2) is 4.56. The van der Waals surface area contributed by atoms with E-state index in [0.29, 0.717) is 0 Å². The number of aromatic nitrogens is 3. The van der Waals surface area contributed by atoms with Gasteiger partial charge in [-0.25, -0.2) is 10.8 Å². The lowest BCUT2D eigenvalue weighted by Crippen LogP contribution is -2.15. The van der Waals surface area contributed by atoms with Gasteiger partial charge in [0.15, 0.2) is 5.65 Å². The summed E-state index contributed by atoms with van der Waals surface area (Å²) < 4.78 is 1.82. The Morgan fingerprint density at radius 1 is 1.24 bits per heavy atom. The molecule has 2 heterocycles. The Balaban J connectivity index is 1.95. The van der Waals surface area contributed by atoms with Crippen molar-refractivity contribution in [1.29, 1.82) is 0 Å². The first-order chi connectivity index (χ1) is 10.3. The summed E-state index contributed by atoms with van der Waals surface area (Å²) in [7, 11) is 0. The van der Waals surface area contributed by atoms with Gasteiger partial charge in [-0.1, -0.05) is 23.8 Å². The third-order valence-corrected chi connectivity index (χ3v) is 4.08. The lowest BCUT2D eigenvalue weighted by molar-refractivity contribution is 0.900. The molecule has 4 rings (SSSR count). The first kappa shape index (κ1) is 12.3. The number of benzene rings is 1. The van der Waals surface area contributed by atoms with Gasteiger partial charge in [0.25, 0.3) is 0 Å². The molecule has 5 heteroatoms. The summed E-state index contributed by atoms with van der Waals surface area (Å²) in [5.74, 6) is 6.59. The van der Waals surface area contributed by atoms with E-state index >= 15 is 0 Å². The van der Waals surface area contributed by atoms with Gasteiger partial charge >= 0.3 is 0 Å². The molecular weight excluding hydrogens is 262 g/mol. The van der Waals surface area contributed by atoms with Crippen LogP contribution in [0.2, 0.25) is 0 Å². The number of hydrogen-bond acceptors (Lipinski definition) is 4. The third kappa shape index (κ3) is 1.89. The number of nitrogens with zero attached hydrogens (tertiary/aromatic N) is 3. The van der Waals surface area contributed by atoms with Crippen LogP contribution in [0.5, 0.6) is 0 Å². The molecule has 0 bridgehead atoms. The van der Waals surface area contributed by atoms with Crippen LogP contribution in [0.25, 0.3) is 16.9 Å². The number of aryl methyl sites for hydroxylation is 2. The van der Waals surface area contributed by atoms with Gasteiger partial charge in [0.1, 0.15) is 5.82 Å². The van der Waals surface area contributed by atoms with Crippen LogP contribution >= 0.6 is 0 Å². The molecule has 106 valence electrons. The van der Waals surface area contributed by atoms with E-state index in [1.54, 1.807) is 0 Å². The zero-order valence-corrected chi connectivity index (χ0v) is 11.9. The normalized spacial score (nSPS) is 13.6. The predicted octanol–water partition coefficient (Wildman–Crippen LogP) is 2.48. The molecule has 2 aromatic heterocycles. The number of hydrazine groups is 1. The average Bonchev–Trinajstić information content (AvgIpc) is 3.10. The molecule has 0 aliphatic heterocycles. The van der Waals surface area contributed by atoms with Crippen LogP contribution in [0.3, 0.4) is 0 Å². The first-order valence-electron chi connectivity index (χ1n) is 7.21. The standard InChI is InChI=1S/C16H17N5/c1-10-4-2-5-11(8-10)14-9-15-18-13-7-3-6-12(13)16(19-17)21(15)20-14/h2,4-5,8-9,19H,3,6-7,17H2,1H3. The fourth-order valence-corrected chi connectivity index (χ4v) is 3.08. The third-order valence-electron chi connectivity index (χ3n) is 4.08. The van der Waals surface area contributed by atoms with E-state index in [9.17, 15) is 0 Å². The summed E-state index contributed by atoms with van der Waals surface area (Å²) >= 11 is 0. The van der Waals surface area contributed by atoms with E-state index in [2.05, 4.69) is 35.6 Å². The highest BCUT2D eigenvalue weighted by Crippen LogP contribution is 2.29. The summed E-state index contributed by atoms with van der Waals surface area (Å²) in [6.45, 7) is 2.08. The van der Waals surface area contributed by atoms with Crippen molar-refractivity contribution in [3.8, 4) is 11.3 Å². The maximum atomic E-state index is 5.72. The Morgan fingerprint density at radius 2 is 2.14 bits per heavy atom. The molecule has 0 fully saturated rings. The quantitative estimate of drug-likeness (QED) is 0.558. The molecule has 3 N–H and O–H groups in total. The molecule has 0 unspecified atom stereocenters. The Kier molecular flexibility index (Phi) is 2.68. The van der Waals surface area contributed by atoms with Crippen molar-refractivity contribution in [2.45, 2.75) is 26.2 Å². The van der Waals surface area contributed by atoms with Crippen molar-refractivity contribution in [2.24, 2.45) is 5.84 Å². The maximum Gasteiger partial charge on any atom is 0.158 e. The topological polar surface area (TPSA) is 68.2 Å². The van der Waals surface area contributed by atoms with Crippen LogP contribution in [0.15, 0.2) is 30.3 Å². The maximum absolute atomic E-state index is 5.72. The Bertz CT molecular complexity index is 834. The highest BCUT2D eigenvalue weighted by atomic mass is 15.4. The first-order valence-corrected chi connectivity index (χ1v) is 7.21. The summed E-state index contributed by atoms with van der Waals surface area (Å²) in [5.41, 5.74) is 9.24. The van der Waals surface area contributed by atoms with E-state index in [1.165, 1.54) is 11.1 Å². The Hall–Kier alpha value is -2.40. The second-order valence-corrected chi connectivity index (χ2v) is 5.55. The summed E-state index contributed by atoms with van der Waals surface area (Å²) in [4.78, 5) is 4.74. The van der Waals surface area contributed by atoms with E-state index in [0.717, 1.165) is 47.7 Å². The molecule has 0 radical (unpaired) electrons. The SMILES string of the molecule is Cc1cccc(-c2cc3nc4c(c(NN)n3n2)CCC4)c1. The van der Waals surface area contributed by atoms with Gasteiger partial charge in [-0.15, -0.1) is 0 Å². The van der Waals surface area contributed by atoms with Gasteiger partial charge in [-0.3, -0.25) is 0 Å². The lowest BCUT2D eigenvalue weighted by Gasteiger charge is -2.09. The number of anilines is 1. The Morgan fingerprint density at radius 3 is 2.95 bits per heavy atom. The largest absolute Gasteiger partial charge is 0.308 e. The molecule has 1 aromatic carbocycles. The van der Waals surface area contributed by atoms with Crippen molar-refractivity contribution < 1.29 is 0 Å². The zero-order valence-electron chi connectivity index (χ0n) is 11.9. The molecule has 0 amide bonds. The van der Waals surface area contributed by atoms with Crippen LogP contribution in [0, 0.1) is 6.92 Å². The molecule has 0 saturated carbocycles. The molecule has 0 saturated heterocycles. The van der Waals surface area contributed by atoms with E-state index in [-0.39, 0.29) is 0 Å². The van der Waals surface area contributed by atoms with Gasteiger partial charge in [0, 0.05) is 22.9 Å². The number of nitrogens with one attached hydrogen (secondary N) is 1. The molecule has 5 nitrogen and oxygen atoms in total. The molecule has 1 aliphatic carbocycles. The van der Waals surface area contributed by atoms with Gasteiger partial charge in [-0.05, 0) is 32.3 Å². The van der Waals surface area contributed by atoms with Crippen molar-refractivity contribution >= 4 is 11.5 Å². The minimum Gasteiger partial charge on any atom is -0.308 e. The number of rotatable bonds is 2. The molecule has 1 aliphatic rings. The minimum absolute atomic E-state index is 0.847. The van der Waals surface area contributed by atoms with Gasteiger partial charge in [0.2, 0.25) is 0 Å². The summed E-state index contributed by atoms with van der Waals surface area (Å²) in [5, 5.41) is 4.68. The van der Waals surface area contributed by atoms with Gasteiger partial charge in [0.05, 0.1) is 5.69 Å². The smallest absolute Gasteiger partial charge is 0.158 e. The average molecular weight is 279 g/mol. The summed E-state index contributed by atoms with van der Waals surface area (Å²) in [6.07, 6.45) is 3.16. The molecule has 3 aromatic rings. The van der Waals surface area contributed by atoms with Crippen molar-refractivity contribution in [3.05, 3.63) is 47.2 Å². The Labute approximate surface area is 122 Å².